The fraction of sp³-hybridized carbons (Fsp3) is 0. The molecule has 0 aliphatic rings. The molecule has 0 aliphatic heterocycles. The Hall–Kier alpha value is -6.98. The van der Waals surface area contributed by atoms with Gasteiger partial charge in [-0.15, -0.1) is 5.30 Å². The van der Waals surface area contributed by atoms with E-state index in [1.165, 1.54) is 63.7 Å². The van der Waals surface area contributed by atoms with Gasteiger partial charge in [-0.2, -0.15) is 30.3 Å². The summed E-state index contributed by atoms with van der Waals surface area (Å²) >= 11 is 0. The molecule has 378 valence electrons. The van der Waals surface area contributed by atoms with Crippen LogP contribution in [0.5, 0.6) is 0 Å². The number of rotatable bonds is 12. The van der Waals surface area contributed by atoms with Crippen LogP contribution >= 0.6 is 31.7 Å². The van der Waals surface area contributed by atoms with Crippen molar-refractivity contribution in [3.8, 4) is 0 Å². The third-order valence-corrected chi connectivity index (χ3v) is 21.9. The van der Waals surface area contributed by atoms with Gasteiger partial charge in [0.05, 0.1) is 0 Å². The Bertz CT molecular complexity index is 2580. The van der Waals surface area contributed by atoms with E-state index < -0.39 is 31.7 Å². The Morgan fingerprint density at radius 1 is 0.156 bits per heavy atom. The maximum atomic E-state index is 3.20. The first-order valence-corrected chi connectivity index (χ1v) is 30.9. The Labute approximate surface area is 476 Å². The van der Waals surface area contributed by atoms with Crippen LogP contribution in [-0.2, 0) is 20.4 Å². The summed E-state index contributed by atoms with van der Waals surface area (Å²) in [5.41, 5.74) is 0. The van der Waals surface area contributed by atoms with Crippen molar-refractivity contribution in [2.45, 2.75) is 0 Å². The van der Waals surface area contributed by atoms with Crippen LogP contribution in [0.3, 0.4) is 0 Å². The van der Waals surface area contributed by atoms with E-state index in [2.05, 4.69) is 358 Å². The fourth-order valence-corrected chi connectivity index (χ4v) is 17.8. The van der Waals surface area contributed by atoms with E-state index in [-0.39, 0.29) is 20.4 Å². The minimum atomic E-state index is -0.477. The van der Waals surface area contributed by atoms with Gasteiger partial charge in [-0.05, 0) is 82.1 Å². The van der Waals surface area contributed by atoms with Crippen molar-refractivity contribution in [3.63, 3.8) is 0 Å². The zero-order valence-corrected chi connectivity index (χ0v) is 47.8. The van der Waals surface area contributed by atoms with Gasteiger partial charge >= 0.3 is 0 Å². The molecule has 77 heavy (non-hydrogen) atoms. The molecule has 12 aromatic rings. The van der Waals surface area contributed by atoms with Crippen molar-refractivity contribution >= 4 is 95.3 Å². The Kier molecular flexibility index (Phi) is 22.9. The minimum absolute atomic E-state index is 0. The molecule has 0 aliphatic carbocycles. The summed E-state index contributed by atoms with van der Waals surface area (Å²) in [4.78, 5) is 0. The molecule has 0 nitrogen and oxygen atoms in total. The van der Waals surface area contributed by atoms with E-state index in [0.717, 1.165) is 0 Å². The van der Waals surface area contributed by atoms with Gasteiger partial charge in [0.2, 0.25) is 0 Å². The summed E-state index contributed by atoms with van der Waals surface area (Å²) in [6, 6.07) is 130. The van der Waals surface area contributed by atoms with Crippen molar-refractivity contribution in [2.75, 3.05) is 0 Å². The summed E-state index contributed by atoms with van der Waals surface area (Å²) in [6.07, 6.45) is 0. The molecule has 0 bridgehead atoms. The van der Waals surface area contributed by atoms with Gasteiger partial charge in [-0.25, -0.2) is 0 Å². The van der Waals surface area contributed by atoms with Gasteiger partial charge in [0.25, 0.3) is 0 Å². The quantitative estimate of drug-likeness (QED) is 0.0650. The second-order valence-electron chi connectivity index (χ2n) is 17.3. The first-order chi connectivity index (χ1) is 37.8. The van der Waals surface area contributed by atoms with Crippen LogP contribution in [0, 0.1) is 6.07 Å². The molecule has 5 heteroatoms. The van der Waals surface area contributed by atoms with E-state index in [1.54, 1.807) is 0 Å². The van der Waals surface area contributed by atoms with Crippen LogP contribution in [-0.4, -0.2) is 0 Å². The summed E-state index contributed by atoms with van der Waals surface area (Å²) in [6.45, 7) is 0. The number of hydrogen-bond donors (Lipinski definition) is 0. The molecule has 0 saturated heterocycles. The van der Waals surface area contributed by atoms with Gasteiger partial charge < -0.3 is 0 Å². The van der Waals surface area contributed by atoms with E-state index >= 15 is 0 Å². The minimum Gasteiger partial charge on any atom is -0.183 e. The normalized spacial score (nSPS) is 10.4. The molecule has 0 unspecified atom stereocenters. The van der Waals surface area contributed by atoms with Gasteiger partial charge in [0, 0.05) is 20.4 Å². The van der Waals surface area contributed by atoms with E-state index in [1.807, 2.05) is 6.07 Å². The molecule has 0 spiro atoms. The van der Waals surface area contributed by atoms with Crippen molar-refractivity contribution in [1.29, 1.82) is 0 Å². The van der Waals surface area contributed by atoms with Crippen LogP contribution in [0.15, 0.2) is 358 Å². The largest absolute Gasteiger partial charge is 0.183 e. The standard InChI is InChI=1S/3C18H15P.C18H14P.Pd/c4*1-4-10-16(11-5-1)19(17-12-6-2-7-13-17)18-14-8-3-9-15-18;/h3*1-15H;1-8,10-15H;/q;;;-1;. The van der Waals surface area contributed by atoms with E-state index in [4.69, 9.17) is 0 Å². The average Bonchev–Trinajstić information content (AvgIpc) is 3.51. The Morgan fingerprint density at radius 2 is 0.286 bits per heavy atom. The third kappa shape index (κ3) is 16.5. The summed E-state index contributed by atoms with van der Waals surface area (Å²) < 4.78 is 0. The zero-order valence-electron chi connectivity index (χ0n) is 42.7. The van der Waals surface area contributed by atoms with Crippen LogP contribution in [0.1, 0.15) is 0 Å². The van der Waals surface area contributed by atoms with Gasteiger partial charge in [-0.3, -0.25) is 0 Å². The molecule has 0 N–H and O–H groups in total. The first kappa shape index (κ1) is 56.2. The second kappa shape index (κ2) is 31.3. The predicted molar refractivity (Wildman–Crippen MR) is 339 cm³/mol. The van der Waals surface area contributed by atoms with E-state index in [0.29, 0.717) is 0 Å². The smallest absolute Gasteiger partial charge is 0 e. The molecule has 12 aromatic carbocycles. The average molecular weight is 1150 g/mol. The molecule has 0 radical (unpaired) electrons. The molecule has 0 aromatic heterocycles. The van der Waals surface area contributed by atoms with Crippen molar-refractivity contribution in [3.05, 3.63) is 364 Å². The third-order valence-electron chi connectivity index (χ3n) is 12.1. The molecule has 0 heterocycles. The molecular weight excluding hydrogens is 1100 g/mol. The molecule has 0 atom stereocenters. The summed E-state index contributed by atoms with van der Waals surface area (Å²) in [5.74, 6) is 0. The van der Waals surface area contributed by atoms with E-state index in [9.17, 15) is 0 Å². The van der Waals surface area contributed by atoms with Gasteiger partial charge in [0.1, 0.15) is 0 Å². The zero-order chi connectivity index (χ0) is 51.7. The molecule has 0 saturated carbocycles. The topological polar surface area (TPSA) is 0 Å². The van der Waals surface area contributed by atoms with Crippen molar-refractivity contribution < 1.29 is 20.4 Å². The van der Waals surface area contributed by atoms with Crippen LogP contribution in [0.4, 0.5) is 0 Å². The monoisotopic (exact) mass is 1150 g/mol. The van der Waals surface area contributed by atoms with Crippen molar-refractivity contribution in [2.24, 2.45) is 0 Å². The molecule has 12 rings (SSSR count). The van der Waals surface area contributed by atoms with Gasteiger partial charge in [-0.1, -0.05) is 342 Å². The number of benzene rings is 12. The second-order valence-corrected chi connectivity index (χ2v) is 26.2. The molecule has 0 amide bonds. The molecule has 0 fully saturated rings. The maximum Gasteiger partial charge on any atom is 0 e. The van der Waals surface area contributed by atoms with Crippen LogP contribution in [0.25, 0.3) is 0 Å². The van der Waals surface area contributed by atoms with Gasteiger partial charge in [0.15, 0.2) is 0 Å². The maximum absolute atomic E-state index is 3.20. The predicted octanol–water partition coefficient (Wildman–Crippen LogP) is 13.6. The summed E-state index contributed by atoms with van der Waals surface area (Å²) in [7, 11) is -1.82. The SMILES string of the molecule is [Pd].[c-]1cccc(P(c2ccccc2)c2ccccc2)c1.c1ccc(P(c2ccccc2)c2ccccc2)cc1.c1ccc(P(c2ccccc2)c2ccccc2)cc1.c1ccc(P(c2ccccc2)c2ccccc2)cc1. The van der Waals surface area contributed by atoms with Crippen molar-refractivity contribution in [1.82, 2.24) is 0 Å². The Balaban J connectivity index is 0.000000135. The Morgan fingerprint density at radius 3 is 0.416 bits per heavy atom. The first-order valence-electron chi connectivity index (χ1n) is 25.5. The molecular formula is C72H59P4Pd-. The summed E-state index contributed by atoms with van der Waals surface area (Å²) in [5, 5.41) is 16.7. The van der Waals surface area contributed by atoms with Crippen LogP contribution in [0.2, 0.25) is 0 Å². The van der Waals surface area contributed by atoms with Crippen LogP contribution < -0.4 is 63.7 Å². The number of hydrogen-bond acceptors (Lipinski definition) is 0. The fourth-order valence-electron chi connectivity index (χ4n) is 8.66.